The van der Waals surface area contributed by atoms with E-state index in [0.29, 0.717) is 10.9 Å². The highest BCUT2D eigenvalue weighted by Gasteiger charge is 2.27. The zero-order valence-corrected chi connectivity index (χ0v) is 13.8. The molecule has 6 heteroatoms. The molecule has 1 unspecified atom stereocenters. The van der Waals surface area contributed by atoms with Crippen LogP contribution < -0.4 is 14.9 Å². The molecule has 0 amide bonds. The Kier molecular flexibility index (Phi) is 5.24. The van der Waals surface area contributed by atoms with Gasteiger partial charge in [0, 0.05) is 25.2 Å². The SMILES string of the molecule is CCN(c1ccccc1S(=O)(=O)NC(C)C)C1CCNC1. The zero-order valence-electron chi connectivity index (χ0n) is 13.0. The lowest BCUT2D eigenvalue weighted by molar-refractivity contribution is 0.568. The van der Waals surface area contributed by atoms with Gasteiger partial charge in [-0.05, 0) is 45.9 Å². The van der Waals surface area contributed by atoms with E-state index in [1.807, 2.05) is 26.0 Å². The molecule has 118 valence electrons. The van der Waals surface area contributed by atoms with Gasteiger partial charge in [0.2, 0.25) is 10.0 Å². The fourth-order valence-electron chi connectivity index (χ4n) is 2.83. The molecular formula is C15H25N3O2S. The fraction of sp³-hybridized carbons (Fsp3) is 0.600. The van der Waals surface area contributed by atoms with Crippen molar-refractivity contribution in [3.05, 3.63) is 24.3 Å². The molecule has 1 saturated heterocycles. The maximum Gasteiger partial charge on any atom is 0.242 e. The molecule has 5 nitrogen and oxygen atoms in total. The molecule has 0 aromatic heterocycles. The molecule has 1 aromatic carbocycles. The summed E-state index contributed by atoms with van der Waals surface area (Å²) in [5, 5.41) is 3.34. The summed E-state index contributed by atoms with van der Waals surface area (Å²) in [5.41, 5.74) is 0.793. The summed E-state index contributed by atoms with van der Waals surface area (Å²) in [7, 11) is -3.49. The third kappa shape index (κ3) is 3.75. The van der Waals surface area contributed by atoms with Crippen LogP contribution in [0.25, 0.3) is 0 Å². The van der Waals surface area contributed by atoms with E-state index in [1.54, 1.807) is 12.1 Å². The Labute approximate surface area is 127 Å². The largest absolute Gasteiger partial charge is 0.366 e. The highest BCUT2D eigenvalue weighted by atomic mass is 32.2. The van der Waals surface area contributed by atoms with Crippen LogP contribution in [0.4, 0.5) is 5.69 Å². The van der Waals surface area contributed by atoms with Crippen molar-refractivity contribution in [1.29, 1.82) is 0 Å². The second-order valence-electron chi connectivity index (χ2n) is 5.68. The number of anilines is 1. The predicted octanol–water partition coefficient (Wildman–Crippen LogP) is 1.56. The van der Waals surface area contributed by atoms with Crippen LogP contribution in [0.3, 0.4) is 0 Å². The van der Waals surface area contributed by atoms with Crippen LogP contribution in [0, 0.1) is 0 Å². The van der Waals surface area contributed by atoms with Crippen LogP contribution >= 0.6 is 0 Å². The van der Waals surface area contributed by atoms with E-state index in [0.717, 1.165) is 31.7 Å². The van der Waals surface area contributed by atoms with Gasteiger partial charge in [-0.25, -0.2) is 13.1 Å². The van der Waals surface area contributed by atoms with E-state index in [1.165, 1.54) is 0 Å². The molecule has 1 heterocycles. The third-order valence-corrected chi connectivity index (χ3v) is 5.38. The van der Waals surface area contributed by atoms with Crippen molar-refractivity contribution in [2.24, 2.45) is 0 Å². The Morgan fingerprint density at radius 1 is 1.38 bits per heavy atom. The summed E-state index contributed by atoms with van der Waals surface area (Å²) < 4.78 is 27.8. The van der Waals surface area contributed by atoms with Crippen LogP contribution in [0.2, 0.25) is 0 Å². The van der Waals surface area contributed by atoms with Gasteiger partial charge in [0.25, 0.3) is 0 Å². The van der Waals surface area contributed by atoms with E-state index in [4.69, 9.17) is 0 Å². The number of rotatable bonds is 6. The van der Waals surface area contributed by atoms with Crippen LogP contribution in [-0.4, -0.2) is 40.1 Å². The van der Waals surface area contributed by atoms with Crippen LogP contribution in [-0.2, 0) is 10.0 Å². The molecule has 1 fully saturated rings. The van der Waals surface area contributed by atoms with Gasteiger partial charge in [0.1, 0.15) is 4.90 Å². The number of nitrogens with one attached hydrogen (secondary N) is 2. The molecule has 1 aliphatic heterocycles. The van der Waals surface area contributed by atoms with Crippen LogP contribution in [0.5, 0.6) is 0 Å². The fourth-order valence-corrected chi connectivity index (χ4v) is 4.29. The maximum atomic E-state index is 12.5. The Bertz CT molecular complexity index is 566. The monoisotopic (exact) mass is 311 g/mol. The number of sulfonamides is 1. The molecule has 0 aliphatic carbocycles. The molecular weight excluding hydrogens is 286 g/mol. The highest BCUT2D eigenvalue weighted by Crippen LogP contribution is 2.28. The van der Waals surface area contributed by atoms with Crippen molar-refractivity contribution >= 4 is 15.7 Å². The summed E-state index contributed by atoms with van der Waals surface area (Å²) in [6.07, 6.45) is 1.04. The first-order valence-electron chi connectivity index (χ1n) is 7.54. The molecule has 1 aliphatic rings. The van der Waals surface area contributed by atoms with Crippen molar-refractivity contribution < 1.29 is 8.42 Å². The molecule has 21 heavy (non-hydrogen) atoms. The molecule has 0 bridgehead atoms. The number of benzene rings is 1. The third-order valence-electron chi connectivity index (χ3n) is 3.67. The average Bonchev–Trinajstić information content (AvgIpc) is 2.92. The number of para-hydroxylation sites is 1. The summed E-state index contributed by atoms with van der Waals surface area (Å²) in [6.45, 7) is 8.41. The standard InChI is InChI=1S/C15H25N3O2S/c1-4-18(13-9-10-16-11-13)14-7-5-6-8-15(14)21(19,20)17-12(2)3/h5-8,12-13,16-17H,4,9-11H2,1-3H3. The minimum Gasteiger partial charge on any atom is -0.366 e. The van der Waals surface area contributed by atoms with E-state index in [2.05, 4.69) is 21.9 Å². The number of nitrogens with zero attached hydrogens (tertiary/aromatic N) is 1. The lowest BCUT2D eigenvalue weighted by Gasteiger charge is -2.31. The van der Waals surface area contributed by atoms with Crippen molar-refractivity contribution in [1.82, 2.24) is 10.0 Å². The van der Waals surface area contributed by atoms with Crippen LogP contribution in [0.15, 0.2) is 29.2 Å². The molecule has 1 atom stereocenters. The topological polar surface area (TPSA) is 61.4 Å². The van der Waals surface area contributed by atoms with Gasteiger partial charge in [-0.1, -0.05) is 12.1 Å². The van der Waals surface area contributed by atoms with Crippen molar-refractivity contribution in [2.75, 3.05) is 24.5 Å². The van der Waals surface area contributed by atoms with Crippen molar-refractivity contribution in [3.8, 4) is 0 Å². The predicted molar refractivity (Wildman–Crippen MR) is 86.2 cm³/mol. The summed E-state index contributed by atoms with van der Waals surface area (Å²) in [4.78, 5) is 2.56. The lowest BCUT2D eigenvalue weighted by Crippen LogP contribution is -2.39. The smallest absolute Gasteiger partial charge is 0.242 e. The first-order valence-corrected chi connectivity index (χ1v) is 9.02. The van der Waals surface area contributed by atoms with E-state index in [-0.39, 0.29) is 6.04 Å². The summed E-state index contributed by atoms with van der Waals surface area (Å²) in [5.74, 6) is 0. The first-order chi connectivity index (χ1) is 9.95. The normalized spacial score (nSPS) is 19.1. The van der Waals surface area contributed by atoms with Gasteiger partial charge in [0.05, 0.1) is 5.69 Å². The number of hydrogen-bond donors (Lipinski definition) is 2. The highest BCUT2D eigenvalue weighted by molar-refractivity contribution is 7.89. The molecule has 0 spiro atoms. The number of hydrogen-bond acceptors (Lipinski definition) is 4. The van der Waals surface area contributed by atoms with Gasteiger partial charge in [-0.2, -0.15) is 0 Å². The van der Waals surface area contributed by atoms with Gasteiger partial charge in [-0.3, -0.25) is 0 Å². The molecule has 1 aromatic rings. The van der Waals surface area contributed by atoms with Crippen molar-refractivity contribution in [3.63, 3.8) is 0 Å². The molecule has 2 N–H and O–H groups in total. The second kappa shape index (κ2) is 6.77. The van der Waals surface area contributed by atoms with Crippen molar-refractivity contribution in [2.45, 2.75) is 44.2 Å². The minimum absolute atomic E-state index is 0.119. The van der Waals surface area contributed by atoms with E-state index >= 15 is 0 Å². The minimum atomic E-state index is -3.49. The summed E-state index contributed by atoms with van der Waals surface area (Å²) >= 11 is 0. The van der Waals surface area contributed by atoms with Crippen LogP contribution in [0.1, 0.15) is 27.2 Å². The second-order valence-corrected chi connectivity index (χ2v) is 7.36. The van der Waals surface area contributed by atoms with Gasteiger partial charge in [0.15, 0.2) is 0 Å². The van der Waals surface area contributed by atoms with Gasteiger partial charge < -0.3 is 10.2 Å². The maximum absolute atomic E-state index is 12.5. The zero-order chi connectivity index (χ0) is 15.5. The first kappa shape index (κ1) is 16.3. The lowest BCUT2D eigenvalue weighted by atomic mass is 10.2. The summed E-state index contributed by atoms with van der Waals surface area (Å²) in [6, 6.07) is 7.49. The molecule has 0 saturated carbocycles. The molecule has 2 rings (SSSR count). The Morgan fingerprint density at radius 3 is 2.67 bits per heavy atom. The van der Waals surface area contributed by atoms with E-state index < -0.39 is 10.0 Å². The van der Waals surface area contributed by atoms with E-state index in [9.17, 15) is 8.42 Å². The Hall–Kier alpha value is -1.11. The Morgan fingerprint density at radius 2 is 2.10 bits per heavy atom. The van der Waals surface area contributed by atoms with Gasteiger partial charge in [-0.15, -0.1) is 0 Å². The average molecular weight is 311 g/mol. The number of likely N-dealkylation sites (N-methyl/N-ethyl adjacent to an activating group) is 1. The molecule has 0 radical (unpaired) electrons. The quantitative estimate of drug-likeness (QED) is 0.837. The van der Waals surface area contributed by atoms with Gasteiger partial charge >= 0.3 is 0 Å². The Balaban J connectivity index is 2.40.